The van der Waals surface area contributed by atoms with E-state index < -0.39 is 57.2 Å². The van der Waals surface area contributed by atoms with Gasteiger partial charge in [0.1, 0.15) is 61.1 Å². The minimum atomic E-state index is -3.22. The number of H-pyrrole nitrogens is 1. The van der Waals surface area contributed by atoms with Gasteiger partial charge in [0.2, 0.25) is 0 Å². The number of pyridine rings is 6. The van der Waals surface area contributed by atoms with E-state index in [1.807, 2.05) is 0 Å². The first-order valence-corrected chi connectivity index (χ1v) is 28.5. The van der Waals surface area contributed by atoms with Crippen molar-refractivity contribution in [3.63, 3.8) is 0 Å². The molecule has 0 aromatic carbocycles. The Morgan fingerprint density at radius 3 is 1.24 bits per heavy atom. The number of anilines is 1. The molecule has 458 valence electrons. The van der Waals surface area contributed by atoms with Gasteiger partial charge in [0.15, 0.2) is 5.78 Å². The van der Waals surface area contributed by atoms with Crippen molar-refractivity contribution in [2.75, 3.05) is 34.2 Å². The van der Waals surface area contributed by atoms with Crippen LogP contribution in [0.15, 0.2) is 78.4 Å². The summed E-state index contributed by atoms with van der Waals surface area (Å²) in [5, 5.41) is 26.7. The summed E-state index contributed by atoms with van der Waals surface area (Å²) in [4.78, 5) is 115. The van der Waals surface area contributed by atoms with E-state index in [-0.39, 0.29) is 112 Å². The molecule has 6 rings (SSSR count). The molecule has 0 bridgehead atoms. The average Bonchev–Trinajstić information content (AvgIpc) is 3.53. The van der Waals surface area contributed by atoms with Crippen LogP contribution in [-0.2, 0) is 37.9 Å². The van der Waals surface area contributed by atoms with Crippen molar-refractivity contribution in [1.82, 2.24) is 29.9 Å². The topological polar surface area (TPSA) is 436 Å². The average molecular weight is 1470 g/mol. The first kappa shape index (κ1) is 86.2. The number of nitrogens with two attached hydrogens (primary N) is 2. The van der Waals surface area contributed by atoms with Crippen molar-refractivity contribution in [2.24, 2.45) is 5.73 Å². The van der Waals surface area contributed by atoms with E-state index in [9.17, 15) is 53.0 Å². The zero-order valence-corrected chi connectivity index (χ0v) is 53.7. The number of methoxy groups -OCH3 is 4. The van der Waals surface area contributed by atoms with Crippen LogP contribution < -0.4 is 35.9 Å². The summed E-state index contributed by atoms with van der Waals surface area (Å²) in [6.45, 7) is 0. The van der Waals surface area contributed by atoms with Crippen LogP contribution in [0.5, 0.6) is 5.75 Å². The van der Waals surface area contributed by atoms with Gasteiger partial charge in [-0.3, -0.25) is 38.7 Å². The first-order chi connectivity index (χ1) is 38.4. The number of ether oxygens (including phenoxy) is 4. The van der Waals surface area contributed by atoms with E-state index in [1.54, 1.807) is 0 Å². The normalized spacial score (nSPS) is 9.38. The number of rotatable bonds is 9. The summed E-state index contributed by atoms with van der Waals surface area (Å²) < 4.78 is 26.7. The fourth-order valence-corrected chi connectivity index (χ4v) is 6.19. The molecule has 85 heavy (non-hydrogen) atoms. The number of aromatic hydroxyl groups is 1. The second kappa shape index (κ2) is 45.1. The number of halogens is 13. The predicted molar refractivity (Wildman–Crippen MR) is 315 cm³/mol. The number of hydrogen-bond acceptors (Lipinski definition) is 23. The van der Waals surface area contributed by atoms with Crippen molar-refractivity contribution in [3.05, 3.63) is 167 Å². The number of carbonyl (C=O) groups excluding carboxylic acids is 6. The smallest absolute Gasteiger partial charge is 0.870 e. The van der Waals surface area contributed by atoms with Gasteiger partial charge in [0, 0.05) is 36.9 Å². The van der Waals surface area contributed by atoms with Crippen LogP contribution in [0.25, 0.3) is 0 Å². The van der Waals surface area contributed by atoms with Crippen LogP contribution in [0, 0.1) is 10.1 Å². The van der Waals surface area contributed by atoms with Gasteiger partial charge in [-0.2, -0.15) is 0 Å². The number of nitro groups is 1. The summed E-state index contributed by atoms with van der Waals surface area (Å²) in [7, 11) is 4.81. The maximum Gasteiger partial charge on any atom is 1.00 e. The Labute approximate surface area is 555 Å². The van der Waals surface area contributed by atoms with E-state index in [4.69, 9.17) is 138 Å². The second-order valence-corrected chi connectivity index (χ2v) is 24.0. The Kier molecular flexibility index (Phi) is 45.7. The van der Waals surface area contributed by atoms with Crippen molar-refractivity contribution >= 4 is 208 Å². The third-order valence-corrected chi connectivity index (χ3v) is 10.3. The standard InChI is InChI=1S/C7H5Cl2NO2.C7H7NO4.C7H10O5.C6H4Cl2N2O.C6H3Cl2NO2.C5H2Cl2N2O2.C5H4Cl2N2.Cl3OP.Li.H2O/c1-12-7(11)4-3-10-6(9)2-5(4)8;1-12-7(11)4-3-8-6(10)2-5(4)9;1-11-6(9)3-5(8)4-7(10)12-2;7-4-1-5(8)10-2-3(4)6(9)11;7-4-1-5(8)9-2-3(4)6(10)11;6-3-1-5(7)8-2-4(3)9(10)11;6-3-1-5(7)9-2-4(3)8;1-5(2,3)4;;/h2-3H,1H3;2-3H,1H3,(H2,8,9,10);3-4H2,1-2H3;1-2H,(H2,9,11);1-2H,(H,10,11);1-2H;1-2H,8H2;;;1H2/q;;;;;;;;+1;/p-1. The molecule has 0 fully saturated rings. The number of carbonyl (C=O) groups is 7. The third-order valence-electron chi connectivity index (χ3n) is 7.65. The second-order valence-electron chi connectivity index (χ2n) is 13.4. The number of esters is 4. The zero-order valence-electron chi connectivity index (χ0n) is 43.0. The van der Waals surface area contributed by atoms with Crippen LogP contribution in [-0.4, -0.2) is 120 Å². The maximum absolute atomic E-state index is 11.0. The van der Waals surface area contributed by atoms with Crippen molar-refractivity contribution < 1.29 is 96.5 Å². The number of nitrogen functional groups attached to an aromatic ring is 1. The molecule has 0 aliphatic heterocycles. The van der Waals surface area contributed by atoms with Crippen LogP contribution in [0.1, 0.15) is 54.3 Å². The number of hydrogen-bond donors (Lipinski definition) is 5. The summed E-state index contributed by atoms with van der Waals surface area (Å²) in [6.07, 6.45) is 6.41. The van der Waals surface area contributed by atoms with Gasteiger partial charge in [0.25, 0.3) is 11.5 Å². The minimum absolute atomic E-state index is 0. The number of aromatic amines is 1. The van der Waals surface area contributed by atoms with Gasteiger partial charge in [-0.1, -0.05) is 116 Å². The largest absolute Gasteiger partial charge is 1.00 e. The van der Waals surface area contributed by atoms with E-state index in [1.165, 1.54) is 77.4 Å². The molecule has 0 radical (unpaired) electrons. The number of carboxylic acid groups (broad SMARTS) is 1. The number of nitrogens with zero attached hydrogens (tertiary/aromatic N) is 6. The number of carboxylic acids is 1. The summed E-state index contributed by atoms with van der Waals surface area (Å²) in [5.74, 6) is -5.13. The van der Waals surface area contributed by atoms with Crippen LogP contribution in [0.4, 0.5) is 11.4 Å². The fourth-order valence-electron chi connectivity index (χ4n) is 4.04. The monoisotopic (exact) mass is 1460 g/mol. The number of aromatic nitrogens is 6. The van der Waals surface area contributed by atoms with Gasteiger partial charge >= 0.3 is 59.6 Å². The molecule has 0 aliphatic rings. The Balaban J connectivity index is -0.000000443. The van der Waals surface area contributed by atoms with Gasteiger partial charge in [-0.15, -0.1) is 0 Å². The van der Waals surface area contributed by atoms with Crippen molar-refractivity contribution in [1.29, 1.82) is 0 Å². The molecule has 1 amide bonds. The van der Waals surface area contributed by atoms with E-state index in [2.05, 4.69) is 82.6 Å². The molecule has 6 aromatic heterocycles. The first-order valence-electron chi connectivity index (χ1n) is 20.3. The Morgan fingerprint density at radius 2 is 0.929 bits per heavy atom. The number of aromatic carboxylic acids is 1. The zero-order chi connectivity index (χ0) is 64.5. The van der Waals surface area contributed by atoms with E-state index in [0.29, 0.717) is 15.9 Å². The summed E-state index contributed by atoms with van der Waals surface area (Å²) in [5.41, 5.74) is 10.3. The Bertz CT molecular complexity index is 3190. The molecule has 8 N–H and O–H groups in total. The molecule has 0 saturated heterocycles. The maximum atomic E-state index is 11.0. The fraction of sp³-hybridized carbons (Fsp3) is 0.140. The molecule has 0 atom stereocenters. The number of nitrogens with one attached hydrogen (secondary N) is 1. The number of ketones is 1. The Hall–Kier alpha value is -5.25. The summed E-state index contributed by atoms with van der Waals surface area (Å²) >= 11 is 69.0. The molecular formula is C43H36Cl13LiN9O18P. The molecule has 0 unspecified atom stereocenters. The van der Waals surface area contributed by atoms with Crippen LogP contribution >= 0.6 is 155 Å². The molecule has 42 heteroatoms. The molecule has 0 saturated carbocycles. The third kappa shape index (κ3) is 39.2. The van der Waals surface area contributed by atoms with Gasteiger partial charge < -0.3 is 51.1 Å². The molecular weight excluding hydrogens is 1430 g/mol. The summed E-state index contributed by atoms with van der Waals surface area (Å²) in [6, 6.07) is 7.66. The Morgan fingerprint density at radius 1 is 0.588 bits per heavy atom. The number of amides is 1. The van der Waals surface area contributed by atoms with Crippen LogP contribution in [0.3, 0.4) is 0 Å². The van der Waals surface area contributed by atoms with Gasteiger partial charge in [-0.25, -0.2) is 39.3 Å². The van der Waals surface area contributed by atoms with Crippen molar-refractivity contribution in [3.8, 4) is 5.75 Å². The minimum Gasteiger partial charge on any atom is -0.870 e. The molecule has 0 aliphatic carbocycles. The van der Waals surface area contributed by atoms with Crippen molar-refractivity contribution in [2.45, 2.75) is 12.8 Å². The quantitative estimate of drug-likeness (QED) is 0.0131. The van der Waals surface area contributed by atoms with Gasteiger partial charge in [-0.05, 0) is 58.0 Å². The molecule has 6 aromatic rings. The SMILES string of the molecule is COC(=O)CC(=O)CC(=O)OC.COC(=O)c1c[nH]c(=O)cc1O.COC(=O)c1cnc(Cl)cc1Cl.NC(=O)c1cnc(Cl)cc1Cl.Nc1cnc(Cl)cc1Cl.O=C(O)c1cnc(Cl)cc1Cl.O=P(Cl)(Cl)Cl.O=[N+]([O-])c1cnc(Cl)cc1Cl.[Li+].[OH-]. The number of Topliss-reactive ketones (excluding diaryl/α,β-unsaturated/α-hetero) is 1. The van der Waals surface area contributed by atoms with Gasteiger partial charge in [0.05, 0.1) is 82.0 Å². The molecule has 0 spiro atoms. The number of primary amides is 1. The molecule has 6 heterocycles. The van der Waals surface area contributed by atoms with E-state index >= 15 is 0 Å². The predicted octanol–water partition coefficient (Wildman–Crippen LogP) is 9.20. The molecule has 27 nitrogen and oxygen atoms in total. The van der Waals surface area contributed by atoms with Crippen LogP contribution in [0.2, 0.25) is 50.9 Å². The van der Waals surface area contributed by atoms with E-state index in [0.717, 1.165) is 24.7 Å².